The Labute approximate surface area is 150 Å². The topological polar surface area (TPSA) is 43.8 Å². The number of nitrogens with zero attached hydrogens (tertiary/aromatic N) is 4. The van der Waals surface area contributed by atoms with Crippen molar-refractivity contribution in [1.82, 2.24) is 15.2 Å². The highest BCUT2D eigenvalue weighted by molar-refractivity contribution is 5.85. The largest absolute Gasteiger partial charge is 0.363 e. The van der Waals surface area contributed by atoms with E-state index >= 15 is 0 Å². The maximum atomic E-state index is 4.74. The Balaban J connectivity index is 1.82. The summed E-state index contributed by atoms with van der Waals surface area (Å²) >= 11 is 0. The summed E-state index contributed by atoms with van der Waals surface area (Å²) in [6.07, 6.45) is 2.56. The highest BCUT2D eigenvalue weighted by Gasteiger charge is 2.19. The zero-order chi connectivity index (χ0) is 17.8. The Bertz CT molecular complexity index is 753. The molecule has 1 saturated heterocycles. The van der Waals surface area contributed by atoms with Crippen LogP contribution >= 0.6 is 0 Å². The van der Waals surface area contributed by atoms with Crippen molar-refractivity contribution in [3.05, 3.63) is 35.9 Å². The molecular weight excluding hydrogens is 310 g/mol. The monoisotopic (exact) mass is 339 g/mol. The average Bonchev–Trinajstić information content (AvgIpc) is 2.62. The van der Waals surface area contributed by atoms with Gasteiger partial charge < -0.3 is 15.1 Å². The van der Waals surface area contributed by atoms with E-state index in [1.807, 2.05) is 27.2 Å². The molecule has 1 aromatic carbocycles. The van der Waals surface area contributed by atoms with E-state index in [2.05, 4.69) is 51.3 Å². The third kappa shape index (κ3) is 4.03. The molecule has 1 aromatic heterocycles. The van der Waals surface area contributed by atoms with Gasteiger partial charge in [0.15, 0.2) is 5.96 Å². The number of aromatic nitrogens is 1. The highest BCUT2D eigenvalue weighted by Crippen LogP contribution is 2.22. The number of pyridine rings is 1. The van der Waals surface area contributed by atoms with Gasteiger partial charge in [0, 0.05) is 46.2 Å². The maximum absolute atomic E-state index is 4.74. The van der Waals surface area contributed by atoms with Gasteiger partial charge in [0.1, 0.15) is 5.82 Å². The predicted molar refractivity (Wildman–Crippen MR) is 106 cm³/mol. The zero-order valence-corrected chi connectivity index (χ0v) is 15.8. The van der Waals surface area contributed by atoms with Crippen LogP contribution < -0.4 is 10.2 Å². The molecule has 134 valence electrons. The van der Waals surface area contributed by atoms with E-state index in [9.17, 15) is 0 Å². The summed E-state index contributed by atoms with van der Waals surface area (Å²) in [6.45, 7) is 5.24. The molecule has 0 amide bonds. The number of aliphatic imine (C=N–C) groups is 1. The van der Waals surface area contributed by atoms with E-state index in [1.54, 1.807) is 0 Å². The van der Waals surface area contributed by atoms with Crippen LogP contribution in [0.1, 0.15) is 25.3 Å². The molecule has 0 bridgehead atoms. The van der Waals surface area contributed by atoms with Gasteiger partial charge in [-0.1, -0.05) is 25.1 Å². The Morgan fingerprint density at radius 3 is 2.88 bits per heavy atom. The molecule has 5 heteroatoms. The van der Waals surface area contributed by atoms with Crippen molar-refractivity contribution < 1.29 is 0 Å². The molecule has 1 N–H and O–H groups in total. The number of fused-ring (bicyclic) bond motifs is 1. The molecule has 25 heavy (non-hydrogen) atoms. The summed E-state index contributed by atoms with van der Waals surface area (Å²) in [5.74, 6) is 2.71. The van der Waals surface area contributed by atoms with Gasteiger partial charge in [-0.15, -0.1) is 0 Å². The van der Waals surface area contributed by atoms with Gasteiger partial charge in [0.25, 0.3) is 0 Å². The molecule has 2 heterocycles. The molecule has 3 rings (SSSR count). The van der Waals surface area contributed by atoms with Crippen molar-refractivity contribution >= 4 is 22.7 Å². The zero-order valence-electron chi connectivity index (χ0n) is 15.8. The quantitative estimate of drug-likeness (QED) is 0.689. The number of benzene rings is 1. The van der Waals surface area contributed by atoms with Crippen molar-refractivity contribution in [2.24, 2.45) is 10.9 Å². The fourth-order valence-corrected chi connectivity index (χ4v) is 3.50. The average molecular weight is 339 g/mol. The first kappa shape index (κ1) is 17.5. The Kier molecular flexibility index (Phi) is 5.41. The minimum atomic E-state index is 0.731. The Morgan fingerprint density at radius 2 is 2.16 bits per heavy atom. The summed E-state index contributed by atoms with van der Waals surface area (Å²) in [7, 11) is 5.93. The minimum absolute atomic E-state index is 0.731. The number of hydrogen-bond donors (Lipinski definition) is 1. The van der Waals surface area contributed by atoms with Crippen LogP contribution in [0.5, 0.6) is 0 Å². The first-order valence-corrected chi connectivity index (χ1v) is 9.10. The Hall–Kier alpha value is -2.30. The van der Waals surface area contributed by atoms with Crippen LogP contribution in [0.2, 0.25) is 0 Å². The fraction of sp³-hybridized carbons (Fsp3) is 0.500. The van der Waals surface area contributed by atoms with Gasteiger partial charge >= 0.3 is 0 Å². The number of nitrogens with one attached hydrogen (secondary N) is 1. The summed E-state index contributed by atoms with van der Waals surface area (Å²) < 4.78 is 0. The second kappa shape index (κ2) is 7.72. The lowest BCUT2D eigenvalue weighted by Gasteiger charge is -2.33. The molecule has 0 radical (unpaired) electrons. The number of piperidine rings is 1. The van der Waals surface area contributed by atoms with Gasteiger partial charge in [-0.25, -0.2) is 4.98 Å². The van der Waals surface area contributed by atoms with E-state index in [0.29, 0.717) is 0 Å². The van der Waals surface area contributed by atoms with Crippen LogP contribution in [0.25, 0.3) is 10.9 Å². The minimum Gasteiger partial charge on any atom is -0.363 e. The number of para-hydroxylation sites is 1. The molecule has 1 unspecified atom stereocenters. The number of hydrogen-bond acceptors (Lipinski definition) is 3. The van der Waals surface area contributed by atoms with E-state index in [-0.39, 0.29) is 0 Å². The van der Waals surface area contributed by atoms with Crippen molar-refractivity contribution in [3.8, 4) is 0 Å². The number of likely N-dealkylation sites (tertiary alicyclic amines) is 1. The van der Waals surface area contributed by atoms with Gasteiger partial charge in [-0.3, -0.25) is 4.99 Å². The van der Waals surface area contributed by atoms with E-state index < -0.39 is 0 Å². The Morgan fingerprint density at radius 1 is 1.36 bits per heavy atom. The van der Waals surface area contributed by atoms with Crippen LogP contribution in [-0.2, 0) is 6.54 Å². The number of guanidine groups is 1. The van der Waals surface area contributed by atoms with Gasteiger partial charge in [0.05, 0.1) is 5.52 Å². The van der Waals surface area contributed by atoms with Crippen molar-refractivity contribution in [2.75, 3.05) is 39.1 Å². The molecule has 0 spiro atoms. The molecule has 1 aliphatic heterocycles. The third-order valence-electron chi connectivity index (χ3n) is 4.85. The SMILES string of the molecule is CN=C(NCc1cc(N(C)C)nc2ccccc12)N1CCCC(C)C1. The second-order valence-corrected chi connectivity index (χ2v) is 7.15. The fourth-order valence-electron chi connectivity index (χ4n) is 3.50. The highest BCUT2D eigenvalue weighted by atomic mass is 15.3. The standard InChI is InChI=1S/C20H29N5/c1-15-8-7-11-25(14-15)20(21-2)22-13-16-12-19(24(3)4)23-18-10-6-5-9-17(16)18/h5-6,9-10,12,15H,7-8,11,13-14H2,1-4H3,(H,21,22). The van der Waals surface area contributed by atoms with Crippen LogP contribution in [-0.4, -0.2) is 50.1 Å². The first-order chi connectivity index (χ1) is 12.1. The number of anilines is 1. The van der Waals surface area contributed by atoms with Crippen molar-refractivity contribution in [2.45, 2.75) is 26.3 Å². The predicted octanol–water partition coefficient (Wildman–Crippen LogP) is 3.11. The molecular formula is C20H29N5. The van der Waals surface area contributed by atoms with E-state index in [4.69, 9.17) is 4.98 Å². The lowest BCUT2D eigenvalue weighted by atomic mass is 10.0. The molecule has 1 fully saturated rings. The summed E-state index contributed by atoms with van der Waals surface area (Å²) in [5, 5.41) is 4.76. The summed E-state index contributed by atoms with van der Waals surface area (Å²) in [4.78, 5) is 13.7. The lowest BCUT2D eigenvalue weighted by Crippen LogP contribution is -2.45. The summed E-state index contributed by atoms with van der Waals surface area (Å²) in [5.41, 5.74) is 2.28. The molecule has 1 aliphatic rings. The molecule has 0 saturated carbocycles. The third-order valence-corrected chi connectivity index (χ3v) is 4.85. The normalized spacial score (nSPS) is 18.5. The molecule has 1 atom stereocenters. The summed E-state index contributed by atoms with van der Waals surface area (Å²) in [6, 6.07) is 10.5. The van der Waals surface area contributed by atoms with Crippen LogP contribution in [0.4, 0.5) is 5.82 Å². The van der Waals surface area contributed by atoms with Gasteiger partial charge in [-0.2, -0.15) is 0 Å². The number of rotatable bonds is 3. The van der Waals surface area contributed by atoms with Gasteiger partial charge in [-0.05, 0) is 36.5 Å². The lowest BCUT2D eigenvalue weighted by molar-refractivity contribution is 0.266. The van der Waals surface area contributed by atoms with Crippen LogP contribution in [0.15, 0.2) is 35.3 Å². The van der Waals surface area contributed by atoms with Crippen LogP contribution in [0.3, 0.4) is 0 Å². The van der Waals surface area contributed by atoms with Crippen molar-refractivity contribution in [1.29, 1.82) is 0 Å². The second-order valence-electron chi connectivity index (χ2n) is 7.15. The maximum Gasteiger partial charge on any atom is 0.193 e. The van der Waals surface area contributed by atoms with Crippen molar-refractivity contribution in [3.63, 3.8) is 0 Å². The van der Waals surface area contributed by atoms with Gasteiger partial charge in [0.2, 0.25) is 0 Å². The van der Waals surface area contributed by atoms with E-state index in [1.165, 1.54) is 23.8 Å². The molecule has 5 nitrogen and oxygen atoms in total. The molecule has 0 aliphatic carbocycles. The first-order valence-electron chi connectivity index (χ1n) is 9.10. The smallest absolute Gasteiger partial charge is 0.193 e. The van der Waals surface area contributed by atoms with E-state index in [0.717, 1.165) is 42.8 Å². The van der Waals surface area contributed by atoms with Crippen LogP contribution in [0, 0.1) is 5.92 Å². The molecule has 2 aromatic rings.